The fourth-order valence-electron chi connectivity index (χ4n) is 2.05. The number of nitrogens with one attached hydrogen (secondary N) is 3. The van der Waals surface area contributed by atoms with Gasteiger partial charge in [-0.25, -0.2) is 4.79 Å². The summed E-state index contributed by atoms with van der Waals surface area (Å²) < 4.78 is 5.24. The van der Waals surface area contributed by atoms with Crippen LogP contribution in [0.25, 0.3) is 0 Å². The maximum absolute atomic E-state index is 11.8. The fourth-order valence-corrected chi connectivity index (χ4v) is 2.30. The van der Waals surface area contributed by atoms with Crippen LogP contribution in [0.15, 0.2) is 29.3 Å². The summed E-state index contributed by atoms with van der Waals surface area (Å²) >= 11 is 1.82. The number of rotatable bonds is 7. The Labute approximate surface area is 161 Å². The van der Waals surface area contributed by atoms with E-state index in [2.05, 4.69) is 34.1 Å². The molecule has 26 heavy (non-hydrogen) atoms. The predicted octanol–water partition coefficient (Wildman–Crippen LogP) is 3.49. The smallest absolute Gasteiger partial charge is 0.412 e. The number of carbonyl (C=O) groups excluding carboxylic acids is 1. The first-order valence-corrected chi connectivity index (χ1v) is 10.1. The van der Waals surface area contributed by atoms with E-state index in [-0.39, 0.29) is 0 Å². The van der Waals surface area contributed by atoms with Gasteiger partial charge in [-0.2, -0.15) is 11.8 Å². The molecular formula is C19H32N4O2S. The highest BCUT2D eigenvalue weighted by Crippen LogP contribution is 2.13. The minimum Gasteiger partial charge on any atom is -0.444 e. The van der Waals surface area contributed by atoms with E-state index < -0.39 is 11.7 Å². The number of guanidine groups is 1. The van der Waals surface area contributed by atoms with Gasteiger partial charge in [0.1, 0.15) is 5.60 Å². The summed E-state index contributed by atoms with van der Waals surface area (Å²) in [5, 5.41) is 9.90. The standard InChI is InChI=1S/C19H32N4O2S/c1-14(26-6)13-22-17(20-5)21-12-11-15-7-9-16(10-8-15)23-18(24)25-19(2,3)4/h7-10,14H,11-13H2,1-6H3,(H,23,24)(H2,20,21,22). The van der Waals surface area contributed by atoms with Gasteiger partial charge in [0.25, 0.3) is 0 Å². The zero-order valence-corrected chi connectivity index (χ0v) is 17.5. The van der Waals surface area contributed by atoms with Crippen molar-refractivity contribution < 1.29 is 9.53 Å². The van der Waals surface area contributed by atoms with Crippen LogP contribution in [0.1, 0.15) is 33.3 Å². The monoisotopic (exact) mass is 380 g/mol. The Morgan fingerprint density at radius 1 is 1.23 bits per heavy atom. The molecule has 1 rings (SSSR count). The van der Waals surface area contributed by atoms with Crippen LogP contribution in [-0.2, 0) is 11.2 Å². The second-order valence-electron chi connectivity index (χ2n) is 7.00. The third kappa shape index (κ3) is 9.56. The van der Waals surface area contributed by atoms with E-state index in [1.54, 1.807) is 7.05 Å². The Morgan fingerprint density at radius 2 is 1.88 bits per heavy atom. The quantitative estimate of drug-likeness (QED) is 0.499. The van der Waals surface area contributed by atoms with Gasteiger partial charge in [-0.1, -0.05) is 19.1 Å². The number of amides is 1. The number of carbonyl (C=O) groups is 1. The maximum Gasteiger partial charge on any atom is 0.412 e. The lowest BCUT2D eigenvalue weighted by atomic mass is 10.1. The molecule has 0 aliphatic rings. The van der Waals surface area contributed by atoms with Crippen molar-refractivity contribution in [1.82, 2.24) is 10.6 Å². The van der Waals surface area contributed by atoms with Crippen molar-refractivity contribution in [2.45, 2.75) is 45.0 Å². The van der Waals surface area contributed by atoms with Crippen LogP contribution in [0.2, 0.25) is 0 Å². The Bertz CT molecular complexity index is 582. The summed E-state index contributed by atoms with van der Waals surface area (Å²) in [6.07, 6.45) is 2.52. The molecule has 7 heteroatoms. The first-order valence-electron chi connectivity index (χ1n) is 8.79. The number of anilines is 1. The van der Waals surface area contributed by atoms with Gasteiger partial charge in [0.15, 0.2) is 5.96 Å². The van der Waals surface area contributed by atoms with Crippen LogP contribution in [-0.4, -0.2) is 49.3 Å². The number of thioether (sulfide) groups is 1. The lowest BCUT2D eigenvalue weighted by Gasteiger charge is -2.19. The third-order valence-corrected chi connectivity index (χ3v) is 4.46. The van der Waals surface area contributed by atoms with E-state index in [9.17, 15) is 4.79 Å². The summed E-state index contributed by atoms with van der Waals surface area (Å²) in [4.78, 5) is 16.0. The normalized spacial score (nSPS) is 13.1. The summed E-state index contributed by atoms with van der Waals surface area (Å²) in [6, 6.07) is 7.76. The molecule has 0 saturated carbocycles. The average molecular weight is 381 g/mol. The van der Waals surface area contributed by atoms with E-state index in [0.29, 0.717) is 5.25 Å². The van der Waals surface area contributed by atoms with Crippen LogP contribution in [0.5, 0.6) is 0 Å². The summed E-state index contributed by atoms with van der Waals surface area (Å²) in [6.45, 7) is 9.36. The van der Waals surface area contributed by atoms with Crippen LogP contribution in [0.3, 0.4) is 0 Å². The maximum atomic E-state index is 11.8. The van der Waals surface area contributed by atoms with Crippen LogP contribution < -0.4 is 16.0 Å². The molecule has 0 spiro atoms. The molecule has 6 nitrogen and oxygen atoms in total. The molecule has 146 valence electrons. The molecule has 1 amide bonds. The van der Waals surface area contributed by atoms with Gasteiger partial charge in [0.05, 0.1) is 0 Å². The molecule has 0 saturated heterocycles. The predicted molar refractivity (Wildman–Crippen MR) is 112 cm³/mol. The van der Waals surface area contributed by atoms with Crippen molar-refractivity contribution in [3.63, 3.8) is 0 Å². The number of benzene rings is 1. The molecule has 0 aliphatic heterocycles. The van der Waals surface area contributed by atoms with Gasteiger partial charge in [-0.3, -0.25) is 10.3 Å². The van der Waals surface area contributed by atoms with Gasteiger partial charge in [0.2, 0.25) is 0 Å². The molecule has 1 aromatic rings. The number of hydrogen-bond acceptors (Lipinski definition) is 4. The second-order valence-corrected chi connectivity index (χ2v) is 8.28. The van der Waals surface area contributed by atoms with Crippen molar-refractivity contribution in [3.05, 3.63) is 29.8 Å². The fraction of sp³-hybridized carbons (Fsp3) is 0.579. The lowest BCUT2D eigenvalue weighted by molar-refractivity contribution is 0.0636. The van der Waals surface area contributed by atoms with Crippen molar-refractivity contribution in [2.24, 2.45) is 4.99 Å². The molecule has 0 fully saturated rings. The minimum atomic E-state index is -0.504. The second kappa shape index (κ2) is 11.0. The van der Waals surface area contributed by atoms with Gasteiger partial charge in [-0.15, -0.1) is 0 Å². The van der Waals surface area contributed by atoms with Gasteiger partial charge in [0, 0.05) is 31.1 Å². The molecule has 3 N–H and O–H groups in total. The van der Waals surface area contributed by atoms with Gasteiger partial charge in [-0.05, 0) is 51.1 Å². The van der Waals surface area contributed by atoms with Gasteiger partial charge >= 0.3 is 6.09 Å². The Morgan fingerprint density at radius 3 is 2.42 bits per heavy atom. The van der Waals surface area contributed by atoms with E-state index in [1.807, 2.05) is 56.8 Å². The summed E-state index contributed by atoms with van der Waals surface area (Å²) in [7, 11) is 1.77. The van der Waals surface area contributed by atoms with E-state index >= 15 is 0 Å². The van der Waals surface area contributed by atoms with Crippen molar-refractivity contribution in [3.8, 4) is 0 Å². The molecule has 0 radical (unpaired) electrons. The highest BCUT2D eigenvalue weighted by Gasteiger charge is 2.16. The van der Waals surface area contributed by atoms with Crippen LogP contribution >= 0.6 is 11.8 Å². The topological polar surface area (TPSA) is 74.8 Å². The largest absolute Gasteiger partial charge is 0.444 e. The number of ether oxygens (including phenoxy) is 1. The van der Waals surface area contributed by atoms with E-state index in [4.69, 9.17) is 4.74 Å². The average Bonchev–Trinajstić information content (AvgIpc) is 2.57. The van der Waals surface area contributed by atoms with Gasteiger partial charge < -0.3 is 15.4 Å². The molecule has 1 aromatic carbocycles. The Balaban J connectivity index is 2.39. The van der Waals surface area contributed by atoms with Crippen LogP contribution in [0.4, 0.5) is 10.5 Å². The van der Waals surface area contributed by atoms with Crippen molar-refractivity contribution in [2.75, 3.05) is 31.7 Å². The number of nitrogens with zero attached hydrogens (tertiary/aromatic N) is 1. The zero-order valence-electron chi connectivity index (χ0n) is 16.7. The molecule has 1 unspecified atom stereocenters. The minimum absolute atomic E-state index is 0.443. The first kappa shape index (κ1) is 22.2. The third-order valence-electron chi connectivity index (χ3n) is 3.49. The Hall–Kier alpha value is -1.89. The highest BCUT2D eigenvalue weighted by molar-refractivity contribution is 7.99. The van der Waals surface area contributed by atoms with Crippen LogP contribution in [0, 0.1) is 0 Å². The molecule has 0 aliphatic carbocycles. The highest BCUT2D eigenvalue weighted by atomic mass is 32.2. The lowest BCUT2D eigenvalue weighted by Crippen LogP contribution is -2.40. The van der Waals surface area contributed by atoms with E-state index in [0.717, 1.165) is 31.2 Å². The molecule has 0 aromatic heterocycles. The summed E-state index contributed by atoms with van der Waals surface area (Å²) in [5.41, 5.74) is 1.40. The van der Waals surface area contributed by atoms with Crippen molar-refractivity contribution in [1.29, 1.82) is 0 Å². The molecule has 1 atom stereocenters. The Kier molecular flexibility index (Phi) is 9.34. The molecule has 0 heterocycles. The van der Waals surface area contributed by atoms with Crippen molar-refractivity contribution >= 4 is 29.5 Å². The first-order chi connectivity index (χ1) is 12.2. The number of aliphatic imine (C=N–C) groups is 1. The van der Waals surface area contributed by atoms with E-state index in [1.165, 1.54) is 5.56 Å². The summed E-state index contributed by atoms with van der Waals surface area (Å²) in [5.74, 6) is 0.814. The zero-order chi connectivity index (χ0) is 19.6. The molecule has 0 bridgehead atoms. The SMILES string of the molecule is CN=C(NCCc1ccc(NC(=O)OC(C)(C)C)cc1)NCC(C)SC. The molecular weight excluding hydrogens is 348 g/mol. The number of hydrogen-bond donors (Lipinski definition) is 3.